The van der Waals surface area contributed by atoms with Gasteiger partial charge >= 0.3 is 0 Å². The zero-order valence-corrected chi connectivity index (χ0v) is 16.0. The number of aryl methyl sites for hydroxylation is 2. The van der Waals surface area contributed by atoms with Gasteiger partial charge in [0.05, 0.1) is 35.0 Å². The molecule has 0 saturated carbocycles. The first-order valence-corrected chi connectivity index (χ1v) is 9.15. The number of thiazole rings is 1. The van der Waals surface area contributed by atoms with Crippen molar-refractivity contribution in [1.29, 1.82) is 0 Å². The third-order valence-corrected chi connectivity index (χ3v) is 5.37. The zero-order chi connectivity index (χ0) is 19.6. The molecule has 0 aliphatic carbocycles. The highest BCUT2D eigenvalue weighted by atomic mass is 32.1. The molecule has 1 unspecified atom stereocenters. The van der Waals surface area contributed by atoms with Crippen molar-refractivity contribution >= 4 is 17.2 Å². The highest BCUT2D eigenvalue weighted by Crippen LogP contribution is 2.27. The lowest BCUT2D eigenvalue weighted by Crippen LogP contribution is -2.38. The molecule has 0 fully saturated rings. The highest BCUT2D eigenvalue weighted by Gasteiger charge is 2.28. The monoisotopic (exact) mass is 386 g/mol. The quantitative estimate of drug-likeness (QED) is 0.704. The lowest BCUT2D eigenvalue weighted by atomic mass is 10.0. The van der Waals surface area contributed by atoms with E-state index in [9.17, 15) is 14.3 Å². The Bertz CT molecular complexity index is 970. The third kappa shape index (κ3) is 4.17. The number of aromatic nitrogens is 3. The van der Waals surface area contributed by atoms with Crippen molar-refractivity contribution in [2.75, 3.05) is 6.54 Å². The van der Waals surface area contributed by atoms with E-state index in [4.69, 9.17) is 0 Å². The van der Waals surface area contributed by atoms with Crippen LogP contribution in [-0.4, -0.2) is 32.5 Å². The number of halogens is 1. The lowest BCUT2D eigenvalue weighted by molar-refractivity contribution is 0.0550. The van der Waals surface area contributed by atoms with E-state index < -0.39 is 11.4 Å². The van der Waals surface area contributed by atoms with Crippen LogP contribution in [0.25, 0.3) is 11.4 Å². The van der Waals surface area contributed by atoms with Crippen molar-refractivity contribution in [2.24, 2.45) is 0 Å². The van der Waals surface area contributed by atoms with Crippen LogP contribution >= 0.6 is 11.3 Å². The van der Waals surface area contributed by atoms with Crippen LogP contribution in [-0.2, 0) is 5.60 Å². The van der Waals surface area contributed by atoms with Gasteiger partial charge in [0.15, 0.2) is 11.6 Å². The second-order valence-electron chi connectivity index (χ2n) is 6.48. The van der Waals surface area contributed by atoms with Crippen molar-refractivity contribution < 1.29 is 14.3 Å². The molecular weight excluding hydrogens is 367 g/mol. The minimum Gasteiger partial charge on any atom is -0.383 e. The molecular formula is C19H19FN4O2S. The Labute approximate surface area is 160 Å². The van der Waals surface area contributed by atoms with Gasteiger partial charge in [-0.1, -0.05) is 12.1 Å². The van der Waals surface area contributed by atoms with Crippen LogP contribution in [0.1, 0.15) is 33.4 Å². The van der Waals surface area contributed by atoms with Crippen molar-refractivity contribution in [1.82, 2.24) is 20.3 Å². The van der Waals surface area contributed by atoms with E-state index >= 15 is 0 Å². The Balaban J connectivity index is 1.79. The van der Waals surface area contributed by atoms with Gasteiger partial charge in [0.1, 0.15) is 5.60 Å². The van der Waals surface area contributed by atoms with Gasteiger partial charge in [-0.05, 0) is 32.4 Å². The minimum absolute atomic E-state index is 0.0472. The summed E-state index contributed by atoms with van der Waals surface area (Å²) in [6.45, 7) is 5.32. The van der Waals surface area contributed by atoms with Gasteiger partial charge in [-0.15, -0.1) is 11.3 Å². The molecule has 0 aliphatic heterocycles. The SMILES string of the molecule is Cc1ccc(-c2ncc(F)cn2)cc1C(=O)NCC(C)(O)c1scnc1C. The first-order valence-electron chi connectivity index (χ1n) is 8.27. The molecule has 27 heavy (non-hydrogen) atoms. The van der Waals surface area contributed by atoms with Crippen LogP contribution in [0, 0.1) is 19.7 Å². The average molecular weight is 386 g/mol. The van der Waals surface area contributed by atoms with Gasteiger partial charge in [0.2, 0.25) is 0 Å². The molecule has 2 N–H and O–H groups in total. The van der Waals surface area contributed by atoms with Crippen LogP contribution in [0.5, 0.6) is 0 Å². The number of aliphatic hydroxyl groups is 1. The summed E-state index contributed by atoms with van der Waals surface area (Å²) >= 11 is 1.35. The predicted molar refractivity (Wildman–Crippen MR) is 101 cm³/mol. The van der Waals surface area contributed by atoms with E-state index in [0.29, 0.717) is 21.8 Å². The Hall–Kier alpha value is -2.71. The van der Waals surface area contributed by atoms with Gasteiger partial charge in [-0.25, -0.2) is 19.3 Å². The highest BCUT2D eigenvalue weighted by molar-refractivity contribution is 7.09. The Morgan fingerprint density at radius 3 is 2.59 bits per heavy atom. The van der Waals surface area contributed by atoms with Crippen LogP contribution in [0.2, 0.25) is 0 Å². The smallest absolute Gasteiger partial charge is 0.251 e. The largest absolute Gasteiger partial charge is 0.383 e. The summed E-state index contributed by atoms with van der Waals surface area (Å²) < 4.78 is 13.0. The van der Waals surface area contributed by atoms with Gasteiger partial charge in [0, 0.05) is 11.1 Å². The number of nitrogens with zero attached hydrogens (tertiary/aromatic N) is 3. The van der Waals surface area contributed by atoms with Gasteiger partial charge < -0.3 is 10.4 Å². The maximum absolute atomic E-state index is 13.0. The minimum atomic E-state index is -1.22. The molecule has 140 valence electrons. The second kappa shape index (κ2) is 7.50. The molecule has 3 aromatic rings. The molecule has 0 radical (unpaired) electrons. The van der Waals surface area contributed by atoms with Crippen molar-refractivity contribution in [3.05, 3.63) is 63.6 Å². The predicted octanol–water partition coefficient (Wildman–Crippen LogP) is 2.99. The maximum atomic E-state index is 13.0. The number of benzene rings is 1. The van der Waals surface area contributed by atoms with E-state index in [1.165, 1.54) is 11.3 Å². The van der Waals surface area contributed by atoms with E-state index in [-0.39, 0.29) is 12.5 Å². The van der Waals surface area contributed by atoms with E-state index in [1.54, 1.807) is 30.6 Å². The first kappa shape index (κ1) is 19.1. The second-order valence-corrected chi connectivity index (χ2v) is 7.33. The van der Waals surface area contributed by atoms with Gasteiger partial charge in [-0.3, -0.25) is 4.79 Å². The Morgan fingerprint density at radius 1 is 1.26 bits per heavy atom. The molecule has 6 nitrogen and oxygen atoms in total. The molecule has 0 spiro atoms. The number of amides is 1. The van der Waals surface area contributed by atoms with Crippen LogP contribution in [0.3, 0.4) is 0 Å². The number of hydrogen-bond donors (Lipinski definition) is 2. The molecule has 2 aromatic heterocycles. The summed E-state index contributed by atoms with van der Waals surface area (Å²) in [5.41, 5.74) is 3.01. The van der Waals surface area contributed by atoms with Gasteiger partial charge in [-0.2, -0.15) is 0 Å². The summed E-state index contributed by atoms with van der Waals surface area (Å²) in [5.74, 6) is -0.513. The Kier molecular flexibility index (Phi) is 5.29. The Morgan fingerprint density at radius 2 is 1.96 bits per heavy atom. The fraction of sp³-hybridized carbons (Fsp3) is 0.263. The molecule has 0 aliphatic rings. The number of carbonyl (C=O) groups excluding carboxylic acids is 1. The molecule has 3 rings (SSSR count). The fourth-order valence-electron chi connectivity index (χ4n) is 2.71. The first-order chi connectivity index (χ1) is 12.8. The zero-order valence-electron chi connectivity index (χ0n) is 15.2. The number of nitrogens with one attached hydrogen (secondary N) is 1. The maximum Gasteiger partial charge on any atom is 0.251 e. The summed E-state index contributed by atoms with van der Waals surface area (Å²) in [5, 5.41) is 13.5. The number of rotatable bonds is 5. The summed E-state index contributed by atoms with van der Waals surface area (Å²) in [6.07, 6.45) is 2.16. The van der Waals surface area contributed by atoms with Crippen molar-refractivity contribution in [2.45, 2.75) is 26.4 Å². The molecule has 1 amide bonds. The van der Waals surface area contributed by atoms with Crippen molar-refractivity contribution in [3.63, 3.8) is 0 Å². The third-order valence-electron chi connectivity index (χ3n) is 4.19. The fourth-order valence-corrected chi connectivity index (χ4v) is 3.58. The van der Waals surface area contributed by atoms with Gasteiger partial charge in [0.25, 0.3) is 5.91 Å². The summed E-state index contributed by atoms with van der Waals surface area (Å²) in [7, 11) is 0. The lowest BCUT2D eigenvalue weighted by Gasteiger charge is -2.23. The van der Waals surface area contributed by atoms with Crippen LogP contribution in [0.4, 0.5) is 4.39 Å². The topological polar surface area (TPSA) is 88.0 Å². The molecule has 1 atom stereocenters. The molecule has 8 heteroatoms. The van der Waals surface area contributed by atoms with E-state index in [2.05, 4.69) is 20.3 Å². The summed E-state index contributed by atoms with van der Waals surface area (Å²) in [6, 6.07) is 5.21. The van der Waals surface area contributed by atoms with E-state index in [1.807, 2.05) is 13.8 Å². The number of hydrogen-bond acceptors (Lipinski definition) is 6. The van der Waals surface area contributed by atoms with E-state index in [0.717, 1.165) is 23.7 Å². The molecule has 0 saturated heterocycles. The van der Waals surface area contributed by atoms with Crippen molar-refractivity contribution in [3.8, 4) is 11.4 Å². The summed E-state index contributed by atoms with van der Waals surface area (Å²) in [4.78, 5) is 25.4. The van der Waals surface area contributed by atoms with Crippen LogP contribution < -0.4 is 5.32 Å². The molecule has 2 heterocycles. The van der Waals surface area contributed by atoms with Crippen LogP contribution in [0.15, 0.2) is 36.1 Å². The molecule has 1 aromatic carbocycles. The molecule has 0 bridgehead atoms. The normalized spacial score (nSPS) is 13.2. The average Bonchev–Trinajstić information content (AvgIpc) is 3.08. The standard InChI is InChI=1S/C19H19FN4O2S/c1-11-4-5-13(17-21-7-14(20)8-22-17)6-15(11)18(25)23-9-19(3,26)16-12(2)24-10-27-16/h4-8,10,26H,9H2,1-3H3,(H,23,25). The number of carbonyl (C=O) groups is 1.